The fourth-order valence-corrected chi connectivity index (χ4v) is 1.79. The van der Waals surface area contributed by atoms with E-state index in [0.717, 1.165) is 6.42 Å². The molecular weight excluding hydrogens is 232 g/mol. The molecule has 0 radical (unpaired) electrons. The van der Waals surface area contributed by atoms with Crippen LogP contribution in [0.3, 0.4) is 0 Å². The van der Waals surface area contributed by atoms with Crippen molar-refractivity contribution in [3.05, 3.63) is 34.9 Å². The zero-order chi connectivity index (χ0) is 11.0. The van der Waals surface area contributed by atoms with E-state index in [9.17, 15) is 8.78 Å². The Morgan fingerprint density at radius 1 is 1.31 bits per heavy atom. The molecule has 0 bridgehead atoms. The minimum absolute atomic E-state index is 0. The summed E-state index contributed by atoms with van der Waals surface area (Å²) in [6, 6.07) is 2.81. The largest absolute Gasteiger partial charge is 0.324 e. The van der Waals surface area contributed by atoms with E-state index in [4.69, 9.17) is 5.73 Å². The summed E-state index contributed by atoms with van der Waals surface area (Å²) in [6.45, 7) is 1.55. The molecule has 2 N–H and O–H groups in total. The Balaban J connectivity index is 0.00000128. The first kappa shape index (κ1) is 13.4. The van der Waals surface area contributed by atoms with Gasteiger partial charge in [-0.05, 0) is 24.8 Å². The fourth-order valence-electron chi connectivity index (χ4n) is 1.79. The Morgan fingerprint density at radius 3 is 2.50 bits per heavy atom. The first-order valence-corrected chi connectivity index (χ1v) is 5.29. The van der Waals surface area contributed by atoms with Crippen LogP contribution in [0, 0.1) is 24.5 Å². The normalized spacial score (nSPS) is 16.8. The van der Waals surface area contributed by atoms with Crippen molar-refractivity contribution in [3.63, 3.8) is 0 Å². The van der Waals surface area contributed by atoms with Gasteiger partial charge in [-0.25, -0.2) is 8.78 Å². The minimum Gasteiger partial charge on any atom is -0.324 e. The lowest BCUT2D eigenvalue weighted by Gasteiger charge is -2.13. The van der Waals surface area contributed by atoms with Gasteiger partial charge in [0.05, 0.1) is 0 Å². The highest BCUT2D eigenvalue weighted by Crippen LogP contribution is 2.37. The second-order valence-electron chi connectivity index (χ2n) is 4.39. The molecule has 0 spiro atoms. The van der Waals surface area contributed by atoms with Gasteiger partial charge >= 0.3 is 0 Å². The van der Waals surface area contributed by atoms with Crippen LogP contribution in [0.15, 0.2) is 12.1 Å². The molecule has 0 aliphatic heterocycles. The summed E-state index contributed by atoms with van der Waals surface area (Å²) in [4.78, 5) is 0. The smallest absolute Gasteiger partial charge is 0.163 e. The number of rotatable bonds is 3. The van der Waals surface area contributed by atoms with Crippen molar-refractivity contribution >= 4 is 12.4 Å². The molecule has 90 valence electrons. The molecule has 0 unspecified atom stereocenters. The third kappa shape index (κ3) is 2.71. The molecule has 1 saturated carbocycles. The molecule has 1 fully saturated rings. The number of halogens is 3. The van der Waals surface area contributed by atoms with Crippen LogP contribution in [-0.4, -0.2) is 0 Å². The van der Waals surface area contributed by atoms with Crippen molar-refractivity contribution in [2.75, 3.05) is 0 Å². The summed E-state index contributed by atoms with van der Waals surface area (Å²) in [6.07, 6.45) is 3.10. The first-order valence-electron chi connectivity index (χ1n) is 5.29. The second-order valence-corrected chi connectivity index (χ2v) is 4.39. The third-order valence-corrected chi connectivity index (χ3v) is 2.99. The Morgan fingerprint density at radius 2 is 1.94 bits per heavy atom. The van der Waals surface area contributed by atoms with E-state index in [1.807, 2.05) is 0 Å². The molecule has 1 aliphatic carbocycles. The van der Waals surface area contributed by atoms with Gasteiger partial charge in [-0.1, -0.05) is 25.0 Å². The molecule has 0 heterocycles. The summed E-state index contributed by atoms with van der Waals surface area (Å²) in [7, 11) is 0. The second kappa shape index (κ2) is 5.11. The molecular formula is C12H16ClF2N. The maximum Gasteiger partial charge on any atom is 0.163 e. The number of hydrogen-bond acceptors (Lipinski definition) is 1. The van der Waals surface area contributed by atoms with Gasteiger partial charge < -0.3 is 5.73 Å². The monoisotopic (exact) mass is 247 g/mol. The van der Waals surface area contributed by atoms with E-state index in [0.29, 0.717) is 17.0 Å². The van der Waals surface area contributed by atoms with E-state index in [1.165, 1.54) is 12.8 Å². The molecule has 4 heteroatoms. The first-order chi connectivity index (χ1) is 7.09. The average Bonchev–Trinajstić information content (AvgIpc) is 2.98. The highest BCUT2D eigenvalue weighted by atomic mass is 35.5. The molecule has 1 aromatic rings. The molecule has 1 atom stereocenters. The van der Waals surface area contributed by atoms with Crippen LogP contribution in [0.4, 0.5) is 8.78 Å². The van der Waals surface area contributed by atoms with E-state index in [1.54, 1.807) is 19.1 Å². The molecule has 0 amide bonds. The lowest BCUT2D eigenvalue weighted by Crippen LogP contribution is -2.14. The molecule has 0 saturated heterocycles. The molecule has 1 aromatic carbocycles. The van der Waals surface area contributed by atoms with Crippen LogP contribution in [0.2, 0.25) is 0 Å². The van der Waals surface area contributed by atoms with Crippen molar-refractivity contribution in [1.29, 1.82) is 0 Å². The summed E-state index contributed by atoms with van der Waals surface area (Å²) in [5.74, 6) is -0.925. The van der Waals surface area contributed by atoms with Gasteiger partial charge in [0.1, 0.15) is 0 Å². The average molecular weight is 248 g/mol. The summed E-state index contributed by atoms with van der Waals surface area (Å²) in [5, 5.41) is 0. The van der Waals surface area contributed by atoms with Crippen molar-refractivity contribution in [3.8, 4) is 0 Å². The van der Waals surface area contributed by atoms with E-state index >= 15 is 0 Å². The van der Waals surface area contributed by atoms with Gasteiger partial charge in [-0.15, -0.1) is 12.4 Å². The number of hydrogen-bond donors (Lipinski definition) is 1. The van der Waals surface area contributed by atoms with Crippen molar-refractivity contribution in [1.82, 2.24) is 0 Å². The predicted octanol–water partition coefficient (Wildman–Crippen LogP) is 3.49. The lowest BCUT2D eigenvalue weighted by atomic mass is 10.00. The van der Waals surface area contributed by atoms with E-state index < -0.39 is 11.6 Å². The third-order valence-electron chi connectivity index (χ3n) is 2.99. The van der Waals surface area contributed by atoms with Crippen LogP contribution < -0.4 is 5.73 Å². The van der Waals surface area contributed by atoms with E-state index in [2.05, 4.69) is 0 Å². The van der Waals surface area contributed by atoms with Gasteiger partial charge in [-0.2, -0.15) is 0 Å². The minimum atomic E-state index is -0.775. The van der Waals surface area contributed by atoms with Gasteiger partial charge in [0.2, 0.25) is 0 Å². The molecule has 2 rings (SSSR count). The molecule has 1 aliphatic rings. The quantitative estimate of drug-likeness (QED) is 0.869. The van der Waals surface area contributed by atoms with Gasteiger partial charge in [0.25, 0.3) is 0 Å². The predicted molar refractivity (Wildman–Crippen MR) is 62.6 cm³/mol. The van der Waals surface area contributed by atoms with Crippen LogP contribution >= 0.6 is 12.4 Å². The molecule has 0 aromatic heterocycles. The van der Waals surface area contributed by atoms with Crippen LogP contribution in [0.1, 0.15) is 36.4 Å². The van der Waals surface area contributed by atoms with Crippen molar-refractivity contribution in [2.24, 2.45) is 11.7 Å². The van der Waals surface area contributed by atoms with Crippen molar-refractivity contribution < 1.29 is 8.78 Å². The standard InChI is InChI=1S/C12H15F2N.ClH/c1-7-2-5-9(12(14)11(7)13)10(15)6-8-3-4-8;/h2,5,8,10H,3-4,6,15H2,1H3;1H/t10-;/m0./s1. The summed E-state index contributed by atoms with van der Waals surface area (Å²) >= 11 is 0. The highest BCUT2D eigenvalue weighted by molar-refractivity contribution is 5.85. The Kier molecular flexibility index (Phi) is 4.28. The maximum absolute atomic E-state index is 13.5. The zero-order valence-corrected chi connectivity index (χ0v) is 9.99. The van der Waals surface area contributed by atoms with Gasteiger partial charge in [-0.3, -0.25) is 0 Å². The molecule has 1 nitrogen and oxygen atoms in total. The van der Waals surface area contributed by atoms with Crippen LogP contribution in [-0.2, 0) is 0 Å². The SMILES string of the molecule is Cc1ccc([C@@H](N)CC2CC2)c(F)c1F.Cl. The topological polar surface area (TPSA) is 26.0 Å². The Labute approximate surface area is 100 Å². The number of nitrogens with two attached hydrogens (primary N) is 1. The number of benzene rings is 1. The number of aryl methyl sites for hydroxylation is 1. The lowest BCUT2D eigenvalue weighted by molar-refractivity contribution is 0.474. The summed E-state index contributed by atoms with van der Waals surface area (Å²) < 4.78 is 26.8. The highest BCUT2D eigenvalue weighted by Gasteiger charge is 2.26. The van der Waals surface area contributed by atoms with Crippen molar-refractivity contribution in [2.45, 2.75) is 32.2 Å². The maximum atomic E-state index is 13.5. The molecule has 16 heavy (non-hydrogen) atoms. The Bertz CT molecular complexity index is 378. The van der Waals surface area contributed by atoms with Gasteiger partial charge in [0, 0.05) is 11.6 Å². The van der Waals surface area contributed by atoms with Crippen LogP contribution in [0.5, 0.6) is 0 Å². The van der Waals surface area contributed by atoms with Gasteiger partial charge in [0.15, 0.2) is 11.6 Å². The van der Waals surface area contributed by atoms with E-state index in [-0.39, 0.29) is 18.4 Å². The fraction of sp³-hybridized carbons (Fsp3) is 0.500. The zero-order valence-electron chi connectivity index (χ0n) is 9.17. The van der Waals surface area contributed by atoms with Crippen LogP contribution in [0.25, 0.3) is 0 Å². The summed E-state index contributed by atoms with van der Waals surface area (Å²) in [5.41, 5.74) is 6.49. The Hall–Kier alpha value is -0.670.